The Morgan fingerprint density at radius 3 is 2.13 bits per heavy atom. The van der Waals surface area contributed by atoms with Crippen LogP contribution in [0.5, 0.6) is 0 Å². The average molecular weight is 537 g/mol. The Bertz CT molecular complexity index is 1430. The van der Waals surface area contributed by atoms with E-state index in [0.29, 0.717) is 49.9 Å². The van der Waals surface area contributed by atoms with Crippen molar-refractivity contribution in [2.45, 2.75) is 56.0 Å². The highest BCUT2D eigenvalue weighted by Gasteiger charge is 2.33. The molecule has 9 nitrogen and oxygen atoms in total. The van der Waals surface area contributed by atoms with Gasteiger partial charge >= 0.3 is 6.09 Å². The zero-order valence-electron chi connectivity index (χ0n) is 21.3. The van der Waals surface area contributed by atoms with Gasteiger partial charge in [-0.05, 0) is 43.2 Å². The maximum absolute atomic E-state index is 13.8. The lowest BCUT2D eigenvalue weighted by molar-refractivity contribution is 0.0429. The molecular formula is C28H32N4O5S. The molecule has 1 aliphatic carbocycles. The summed E-state index contributed by atoms with van der Waals surface area (Å²) in [4.78, 5) is 32.8. The van der Waals surface area contributed by atoms with Crippen molar-refractivity contribution in [3.8, 4) is 0 Å². The highest BCUT2D eigenvalue weighted by atomic mass is 32.2. The second-order valence-corrected chi connectivity index (χ2v) is 12.4. The number of amides is 1. The summed E-state index contributed by atoms with van der Waals surface area (Å²) < 4.78 is 30.8. The van der Waals surface area contributed by atoms with Gasteiger partial charge in [0.2, 0.25) is 5.95 Å². The molecule has 38 heavy (non-hydrogen) atoms. The Morgan fingerprint density at radius 1 is 1.00 bits per heavy atom. The van der Waals surface area contributed by atoms with Gasteiger partial charge in [-0.1, -0.05) is 60.7 Å². The summed E-state index contributed by atoms with van der Waals surface area (Å²) in [6.45, 7) is 0.459. The molecule has 1 aromatic heterocycles. The highest BCUT2D eigenvalue weighted by molar-refractivity contribution is 7.91. The number of sulfone groups is 1. The van der Waals surface area contributed by atoms with Crippen molar-refractivity contribution in [3.63, 3.8) is 0 Å². The van der Waals surface area contributed by atoms with Crippen molar-refractivity contribution in [2.75, 3.05) is 18.5 Å². The van der Waals surface area contributed by atoms with E-state index in [1.54, 1.807) is 0 Å². The van der Waals surface area contributed by atoms with Gasteiger partial charge in [-0.3, -0.25) is 9.36 Å². The average Bonchev–Trinajstić information content (AvgIpc) is 2.91. The Hall–Kier alpha value is -3.66. The molecule has 2 N–H and O–H groups in total. The Morgan fingerprint density at radius 2 is 1.58 bits per heavy atom. The summed E-state index contributed by atoms with van der Waals surface area (Å²) in [5, 5.41) is -0.371. The number of nitrogens with zero attached hydrogens (tertiary/aromatic N) is 3. The van der Waals surface area contributed by atoms with Crippen LogP contribution in [-0.2, 0) is 27.5 Å². The first-order valence-electron chi connectivity index (χ1n) is 12.9. The lowest BCUT2D eigenvalue weighted by Gasteiger charge is -2.32. The molecule has 1 saturated carbocycles. The van der Waals surface area contributed by atoms with E-state index in [1.165, 1.54) is 15.7 Å². The molecule has 1 fully saturated rings. The number of rotatable bonds is 5. The summed E-state index contributed by atoms with van der Waals surface area (Å²) in [5.74, 6) is 0.0840. The standard InChI is InChI=1S/C28H32N4O5S/c1-38(35,36)22-14-12-21(13-15-22)37-28(34)31-17-16-23-24(18-31)30-27(29)32(26(23)33)25(19-8-4-2-5-9-19)20-10-6-3-7-11-20/h2-11,21-22,25H,12-18H2,1H3,(H2,29,30). The first kappa shape index (κ1) is 26.0. The van der Waals surface area contributed by atoms with Crippen molar-refractivity contribution >= 4 is 21.9 Å². The number of carbonyl (C=O) groups excluding carboxylic acids is 1. The number of benzene rings is 2. The van der Waals surface area contributed by atoms with Crippen LogP contribution in [0.2, 0.25) is 0 Å². The molecule has 0 atom stereocenters. The fraction of sp³-hybridized carbons (Fsp3) is 0.393. The largest absolute Gasteiger partial charge is 0.446 e. The van der Waals surface area contributed by atoms with Crippen molar-refractivity contribution < 1.29 is 17.9 Å². The molecule has 1 amide bonds. The van der Waals surface area contributed by atoms with E-state index in [4.69, 9.17) is 10.5 Å². The Labute approximate surface area is 222 Å². The summed E-state index contributed by atoms with van der Waals surface area (Å²) in [6.07, 6.45) is 2.81. The van der Waals surface area contributed by atoms with Crippen molar-refractivity contribution in [1.82, 2.24) is 14.5 Å². The Balaban J connectivity index is 1.37. The van der Waals surface area contributed by atoms with E-state index < -0.39 is 22.0 Å². The third-order valence-electron chi connectivity index (χ3n) is 7.54. The van der Waals surface area contributed by atoms with Crippen LogP contribution in [0.15, 0.2) is 65.5 Å². The van der Waals surface area contributed by atoms with Gasteiger partial charge in [0, 0.05) is 18.4 Å². The quantitative estimate of drug-likeness (QED) is 0.530. The van der Waals surface area contributed by atoms with E-state index in [-0.39, 0.29) is 29.4 Å². The number of hydrogen-bond acceptors (Lipinski definition) is 7. The van der Waals surface area contributed by atoms with Crippen LogP contribution in [0.4, 0.5) is 10.7 Å². The van der Waals surface area contributed by atoms with E-state index >= 15 is 0 Å². The smallest absolute Gasteiger partial charge is 0.410 e. The number of nitrogens with two attached hydrogens (primary N) is 1. The van der Waals surface area contributed by atoms with Crippen LogP contribution >= 0.6 is 0 Å². The van der Waals surface area contributed by atoms with Crippen LogP contribution in [-0.4, -0.2) is 53.1 Å². The fourth-order valence-electron chi connectivity index (χ4n) is 5.48. The predicted molar refractivity (Wildman–Crippen MR) is 145 cm³/mol. The minimum atomic E-state index is -3.09. The predicted octanol–water partition coefficient (Wildman–Crippen LogP) is 3.31. The van der Waals surface area contributed by atoms with Gasteiger partial charge in [-0.2, -0.15) is 0 Å². The first-order chi connectivity index (χ1) is 18.2. The molecule has 5 rings (SSSR count). The molecule has 3 aromatic rings. The van der Waals surface area contributed by atoms with Crippen LogP contribution in [0.25, 0.3) is 0 Å². The maximum Gasteiger partial charge on any atom is 0.410 e. The lowest BCUT2D eigenvalue weighted by atomic mass is 9.97. The van der Waals surface area contributed by atoms with E-state index in [0.717, 1.165) is 11.1 Å². The SMILES string of the molecule is CS(=O)(=O)C1CCC(OC(=O)N2CCc3c(nc(N)n(C(c4ccccc4)c4ccccc4)c3=O)C2)CC1. The number of carbonyl (C=O) groups is 1. The van der Waals surface area contributed by atoms with E-state index in [9.17, 15) is 18.0 Å². The summed E-state index contributed by atoms with van der Waals surface area (Å²) in [7, 11) is -3.09. The molecule has 0 bridgehead atoms. The molecule has 2 aliphatic rings. The summed E-state index contributed by atoms with van der Waals surface area (Å²) >= 11 is 0. The first-order valence-corrected chi connectivity index (χ1v) is 14.8. The van der Waals surface area contributed by atoms with Crippen molar-refractivity contribution in [1.29, 1.82) is 0 Å². The van der Waals surface area contributed by atoms with Gasteiger partial charge in [0.15, 0.2) is 0 Å². The number of anilines is 1. The molecular weight excluding hydrogens is 504 g/mol. The molecule has 0 unspecified atom stereocenters. The van der Waals surface area contributed by atoms with Crippen LogP contribution < -0.4 is 11.3 Å². The Kier molecular flexibility index (Phi) is 7.25. The van der Waals surface area contributed by atoms with Gasteiger partial charge < -0.3 is 15.4 Å². The fourth-order valence-corrected chi connectivity index (χ4v) is 6.61. The number of hydrogen-bond donors (Lipinski definition) is 1. The van der Waals surface area contributed by atoms with Crippen LogP contribution in [0.1, 0.15) is 54.1 Å². The van der Waals surface area contributed by atoms with Gasteiger partial charge in [-0.25, -0.2) is 18.2 Å². The zero-order valence-corrected chi connectivity index (χ0v) is 22.1. The minimum Gasteiger partial charge on any atom is -0.446 e. The summed E-state index contributed by atoms with van der Waals surface area (Å²) in [6, 6.07) is 19.0. The second-order valence-electron chi connectivity index (χ2n) is 10.1. The third-order valence-corrected chi connectivity index (χ3v) is 9.22. The monoisotopic (exact) mass is 536 g/mol. The number of nitrogen functional groups attached to an aromatic ring is 1. The van der Waals surface area contributed by atoms with Crippen LogP contribution in [0.3, 0.4) is 0 Å². The molecule has 10 heteroatoms. The second kappa shape index (κ2) is 10.6. The molecule has 2 aromatic carbocycles. The molecule has 0 spiro atoms. The normalized spacial score (nSPS) is 19.7. The van der Waals surface area contributed by atoms with Gasteiger partial charge in [0.25, 0.3) is 5.56 Å². The van der Waals surface area contributed by atoms with Gasteiger partial charge in [-0.15, -0.1) is 0 Å². The summed E-state index contributed by atoms with van der Waals surface area (Å²) in [5.41, 5.74) is 9.06. The topological polar surface area (TPSA) is 125 Å². The minimum absolute atomic E-state index is 0.0840. The number of ether oxygens (including phenoxy) is 1. The molecule has 1 aliphatic heterocycles. The van der Waals surface area contributed by atoms with Crippen LogP contribution in [0, 0.1) is 0 Å². The van der Waals surface area contributed by atoms with Gasteiger partial charge in [0.05, 0.1) is 23.5 Å². The lowest BCUT2D eigenvalue weighted by Crippen LogP contribution is -2.43. The molecule has 2 heterocycles. The van der Waals surface area contributed by atoms with Gasteiger partial charge in [0.1, 0.15) is 15.9 Å². The van der Waals surface area contributed by atoms with Crippen molar-refractivity contribution in [3.05, 3.63) is 93.4 Å². The van der Waals surface area contributed by atoms with E-state index in [2.05, 4.69) is 4.98 Å². The third kappa shape index (κ3) is 5.31. The number of aromatic nitrogens is 2. The molecule has 200 valence electrons. The van der Waals surface area contributed by atoms with E-state index in [1.807, 2.05) is 60.7 Å². The zero-order chi connectivity index (χ0) is 26.9. The number of fused-ring (bicyclic) bond motifs is 1. The highest BCUT2D eigenvalue weighted by Crippen LogP contribution is 2.29. The maximum atomic E-state index is 13.8. The molecule has 0 saturated heterocycles. The molecule has 0 radical (unpaired) electrons. The van der Waals surface area contributed by atoms with Crippen molar-refractivity contribution in [2.24, 2.45) is 0 Å².